The molecule has 0 amide bonds. The Labute approximate surface area is 198 Å². The largest absolute Gasteiger partial charge is 0.508 e. The fourth-order valence-corrected chi connectivity index (χ4v) is 3.30. The van der Waals surface area contributed by atoms with Crippen molar-refractivity contribution >= 4 is 5.78 Å². The molecule has 3 rings (SSSR count). The van der Waals surface area contributed by atoms with Crippen LogP contribution in [0.25, 0.3) is 0 Å². The van der Waals surface area contributed by atoms with Gasteiger partial charge in [-0.05, 0) is 24.1 Å². The third-order valence-corrected chi connectivity index (χ3v) is 5.01. The van der Waals surface area contributed by atoms with Gasteiger partial charge in [-0.1, -0.05) is 12.1 Å². The first-order valence-corrected chi connectivity index (χ1v) is 9.55. The number of phenols is 3. The number of carbonyl (C=O) groups excluding carboxylic acids is 1. The van der Waals surface area contributed by atoms with E-state index in [2.05, 4.69) is 0 Å². The van der Waals surface area contributed by atoms with Crippen molar-refractivity contribution in [3.8, 4) is 23.0 Å². The molecule has 0 saturated carbocycles. The first-order valence-electron chi connectivity index (χ1n) is 9.55. The molecule has 0 aliphatic carbocycles. The first-order chi connectivity index (χ1) is 14.7. The van der Waals surface area contributed by atoms with Gasteiger partial charge in [-0.15, -0.1) is 0 Å². The number of ether oxygens (including phenoxy) is 2. The average Bonchev–Trinajstić information content (AvgIpc) is 2.73. The van der Waals surface area contributed by atoms with E-state index in [4.69, 9.17) is 9.47 Å². The number of phenolic OH excluding ortho intramolecular Hbond substituents is 3. The Hall–Kier alpha value is -2.15. The Balaban J connectivity index is 0.00000363. The Bertz CT molecular complexity index is 918. The molecule has 1 heterocycles. The molecular formula is C21H24AuO10. The maximum atomic E-state index is 12.8. The average molecular weight is 633 g/mol. The zero-order valence-corrected chi connectivity index (χ0v) is 18.8. The number of hydrogen-bond acceptors (Lipinski definition) is 10. The third-order valence-electron chi connectivity index (χ3n) is 5.01. The van der Waals surface area contributed by atoms with Crippen LogP contribution in [-0.2, 0) is 33.5 Å². The number of benzene rings is 2. The topological polar surface area (TPSA) is 177 Å². The molecule has 1 radical (unpaired) electrons. The molecule has 32 heavy (non-hydrogen) atoms. The smallest absolute Gasteiger partial charge is 0.229 e. The molecule has 0 aromatic heterocycles. The normalized spacial score (nSPS) is 25.1. The van der Waals surface area contributed by atoms with Crippen molar-refractivity contribution in [3.63, 3.8) is 0 Å². The summed E-state index contributed by atoms with van der Waals surface area (Å²) in [6, 6.07) is 8.23. The van der Waals surface area contributed by atoms with E-state index in [1.54, 1.807) is 12.1 Å². The SMILES string of the molecule is O=C(CCc1ccc(O)cc1)c1c(O)cc(O)cc1O[C@@H]1O[C@H](CO)[C@@H](O)[C@H](O)[C@H]1O.[Au]. The van der Waals surface area contributed by atoms with Crippen LogP contribution in [0.2, 0.25) is 0 Å². The van der Waals surface area contributed by atoms with Crippen molar-refractivity contribution in [2.24, 2.45) is 0 Å². The van der Waals surface area contributed by atoms with E-state index in [1.165, 1.54) is 12.1 Å². The summed E-state index contributed by atoms with van der Waals surface area (Å²) in [5, 5.41) is 68.6. The number of aliphatic hydroxyl groups excluding tert-OH is 4. The van der Waals surface area contributed by atoms with Gasteiger partial charge in [0.25, 0.3) is 0 Å². The summed E-state index contributed by atoms with van der Waals surface area (Å²) in [4.78, 5) is 12.8. The van der Waals surface area contributed by atoms with Gasteiger partial charge in [-0.2, -0.15) is 0 Å². The summed E-state index contributed by atoms with van der Waals surface area (Å²) in [7, 11) is 0. The van der Waals surface area contributed by atoms with Crippen molar-refractivity contribution in [1.82, 2.24) is 0 Å². The van der Waals surface area contributed by atoms with Gasteiger partial charge in [0.2, 0.25) is 6.29 Å². The van der Waals surface area contributed by atoms with Crippen molar-refractivity contribution < 1.29 is 72.4 Å². The van der Waals surface area contributed by atoms with Gasteiger partial charge in [0.05, 0.1) is 6.61 Å². The molecule has 1 saturated heterocycles. The fourth-order valence-electron chi connectivity index (χ4n) is 3.30. The van der Waals surface area contributed by atoms with Crippen LogP contribution >= 0.6 is 0 Å². The first kappa shape index (κ1) is 26.1. The summed E-state index contributed by atoms with van der Waals surface area (Å²) in [6.45, 7) is -0.672. The van der Waals surface area contributed by atoms with E-state index >= 15 is 0 Å². The van der Waals surface area contributed by atoms with Gasteiger partial charge in [-0.25, -0.2) is 0 Å². The van der Waals surface area contributed by atoms with Crippen LogP contribution in [-0.4, -0.2) is 78.8 Å². The summed E-state index contributed by atoms with van der Waals surface area (Å²) in [6.07, 6.45) is -7.61. The Morgan fingerprint density at radius 1 is 0.938 bits per heavy atom. The fraction of sp³-hybridized carbons (Fsp3) is 0.381. The molecule has 1 aliphatic rings. The van der Waals surface area contributed by atoms with E-state index < -0.39 is 54.6 Å². The molecule has 5 atom stereocenters. The third kappa shape index (κ3) is 5.80. The number of rotatable bonds is 7. The number of hydrogen-bond donors (Lipinski definition) is 7. The second kappa shape index (κ2) is 11.1. The van der Waals surface area contributed by atoms with Gasteiger partial charge in [0.15, 0.2) is 5.78 Å². The second-order valence-corrected chi connectivity index (χ2v) is 7.24. The molecule has 7 N–H and O–H groups in total. The zero-order valence-electron chi connectivity index (χ0n) is 16.6. The number of aromatic hydroxyl groups is 3. The molecule has 2 aromatic rings. The number of carbonyl (C=O) groups is 1. The predicted molar refractivity (Wildman–Crippen MR) is 105 cm³/mol. The maximum absolute atomic E-state index is 12.8. The van der Waals surface area contributed by atoms with Gasteiger partial charge in [0, 0.05) is 40.9 Å². The van der Waals surface area contributed by atoms with E-state index in [-0.39, 0.29) is 45.9 Å². The van der Waals surface area contributed by atoms with Gasteiger partial charge in [0.1, 0.15) is 53.0 Å². The molecule has 11 heteroatoms. The van der Waals surface area contributed by atoms with Crippen LogP contribution < -0.4 is 4.74 Å². The molecule has 0 spiro atoms. The Morgan fingerprint density at radius 2 is 1.59 bits per heavy atom. The summed E-state index contributed by atoms with van der Waals surface area (Å²) < 4.78 is 10.7. The van der Waals surface area contributed by atoms with Gasteiger partial charge >= 0.3 is 0 Å². The number of ketones is 1. The summed E-state index contributed by atoms with van der Waals surface area (Å²) in [5.41, 5.74) is 0.495. The number of aryl methyl sites for hydroxylation is 1. The van der Waals surface area contributed by atoms with E-state index in [1.807, 2.05) is 0 Å². The molecule has 10 nitrogen and oxygen atoms in total. The van der Waals surface area contributed by atoms with Crippen LogP contribution in [0.3, 0.4) is 0 Å². The number of aliphatic hydroxyl groups is 4. The standard InChI is InChI=1S/C21H24O10.Au/c22-9-16-18(27)19(28)20(29)21(31-16)30-15-8-12(24)7-14(26)17(15)13(25)6-3-10-1-4-11(23)5-2-10;/h1-2,4-5,7-8,16,18-24,26-29H,3,6,9H2;/t16-,18-,19+,20-,21-;/m1./s1. The molecule has 0 bridgehead atoms. The molecular weight excluding hydrogens is 609 g/mol. The van der Waals surface area contributed by atoms with E-state index in [0.717, 1.165) is 17.7 Å². The van der Waals surface area contributed by atoms with E-state index in [9.17, 15) is 40.5 Å². The van der Waals surface area contributed by atoms with Crippen molar-refractivity contribution in [3.05, 3.63) is 47.5 Å². The van der Waals surface area contributed by atoms with Crippen LogP contribution in [0.5, 0.6) is 23.0 Å². The minimum absolute atomic E-state index is 0. The van der Waals surface area contributed by atoms with Crippen molar-refractivity contribution in [1.29, 1.82) is 0 Å². The van der Waals surface area contributed by atoms with Crippen molar-refractivity contribution in [2.75, 3.05) is 6.61 Å². The molecule has 1 fully saturated rings. The minimum atomic E-state index is -1.73. The van der Waals surface area contributed by atoms with Crippen molar-refractivity contribution in [2.45, 2.75) is 43.5 Å². The zero-order chi connectivity index (χ0) is 22.7. The Kier molecular flexibility index (Phi) is 9.08. The van der Waals surface area contributed by atoms with Gasteiger partial charge in [-0.3, -0.25) is 4.79 Å². The molecule has 1 aliphatic heterocycles. The molecule has 2 aromatic carbocycles. The summed E-state index contributed by atoms with van der Waals surface area (Å²) >= 11 is 0. The maximum Gasteiger partial charge on any atom is 0.229 e. The van der Waals surface area contributed by atoms with Crippen LogP contribution in [0.15, 0.2) is 36.4 Å². The van der Waals surface area contributed by atoms with Crippen LogP contribution in [0, 0.1) is 0 Å². The van der Waals surface area contributed by atoms with Crippen LogP contribution in [0.1, 0.15) is 22.3 Å². The quantitative estimate of drug-likeness (QED) is 0.160. The minimum Gasteiger partial charge on any atom is -0.508 e. The molecule has 179 valence electrons. The van der Waals surface area contributed by atoms with Crippen LogP contribution in [0.4, 0.5) is 0 Å². The summed E-state index contributed by atoms with van der Waals surface area (Å²) in [5.74, 6) is -1.74. The second-order valence-electron chi connectivity index (χ2n) is 7.24. The predicted octanol–water partition coefficient (Wildman–Crippen LogP) is -0.205. The van der Waals surface area contributed by atoms with E-state index in [0.29, 0.717) is 6.42 Å². The monoisotopic (exact) mass is 633 g/mol. The Morgan fingerprint density at radius 3 is 2.22 bits per heavy atom. The number of Topliss-reactive ketones (excluding diaryl/α,β-unsaturated/α-hetero) is 1. The van der Waals surface area contributed by atoms with Gasteiger partial charge < -0.3 is 45.2 Å². The molecule has 0 unspecified atom stereocenters.